The third kappa shape index (κ3) is 3.42. The maximum Gasteiger partial charge on any atom is 0.226 e. The van der Waals surface area contributed by atoms with Crippen molar-refractivity contribution < 1.29 is 14.3 Å². The molecule has 148 valence electrons. The number of rotatable bonds is 4. The summed E-state index contributed by atoms with van der Waals surface area (Å²) in [6.45, 7) is 2.00. The normalized spacial score (nSPS) is 17.2. The van der Waals surface area contributed by atoms with Crippen LogP contribution in [0.5, 0.6) is 5.75 Å². The van der Waals surface area contributed by atoms with Gasteiger partial charge in [0.15, 0.2) is 5.58 Å². The van der Waals surface area contributed by atoms with E-state index in [9.17, 15) is 5.11 Å². The van der Waals surface area contributed by atoms with Crippen molar-refractivity contribution in [1.29, 1.82) is 0 Å². The van der Waals surface area contributed by atoms with E-state index in [-0.39, 0.29) is 6.10 Å². The Morgan fingerprint density at radius 2 is 1.70 bits per heavy atom. The van der Waals surface area contributed by atoms with E-state index in [4.69, 9.17) is 9.15 Å². The SMILES string of the molecule is C[C@H]1Oc2ccccc2C=C1/C=C(/c1nc2ccccc2o1)[C@@H](O)c1ccccc1. The predicted molar refractivity (Wildman–Crippen MR) is 118 cm³/mol. The van der Waals surface area contributed by atoms with E-state index in [2.05, 4.69) is 11.1 Å². The topological polar surface area (TPSA) is 55.5 Å². The van der Waals surface area contributed by atoms with Crippen molar-refractivity contribution in [2.75, 3.05) is 0 Å². The van der Waals surface area contributed by atoms with Crippen LogP contribution in [0.3, 0.4) is 0 Å². The second kappa shape index (κ2) is 7.65. The van der Waals surface area contributed by atoms with E-state index in [1.165, 1.54) is 0 Å². The Labute approximate surface area is 174 Å². The molecule has 4 heteroatoms. The fourth-order valence-electron chi connectivity index (χ4n) is 3.67. The molecule has 1 aliphatic rings. The minimum atomic E-state index is -0.885. The average Bonchev–Trinajstić information content (AvgIpc) is 3.21. The molecule has 0 spiro atoms. The largest absolute Gasteiger partial charge is 0.485 e. The fourth-order valence-corrected chi connectivity index (χ4v) is 3.67. The zero-order valence-corrected chi connectivity index (χ0v) is 16.5. The van der Waals surface area contributed by atoms with Gasteiger partial charge in [0.2, 0.25) is 5.89 Å². The first-order chi connectivity index (χ1) is 14.7. The highest BCUT2D eigenvalue weighted by atomic mass is 16.5. The molecule has 0 unspecified atom stereocenters. The first-order valence-electron chi connectivity index (χ1n) is 9.97. The van der Waals surface area contributed by atoms with E-state index in [1.54, 1.807) is 0 Å². The number of para-hydroxylation sites is 3. The molecule has 4 nitrogen and oxygen atoms in total. The molecule has 30 heavy (non-hydrogen) atoms. The first kappa shape index (κ1) is 18.4. The maximum atomic E-state index is 11.2. The molecule has 5 rings (SSSR count). The van der Waals surface area contributed by atoms with E-state index in [0.717, 1.165) is 28.0 Å². The second-order valence-electron chi connectivity index (χ2n) is 7.34. The van der Waals surface area contributed by atoms with Crippen molar-refractivity contribution in [3.8, 4) is 5.75 Å². The van der Waals surface area contributed by atoms with Crippen LogP contribution < -0.4 is 4.74 Å². The first-order valence-corrected chi connectivity index (χ1v) is 9.97. The van der Waals surface area contributed by atoms with E-state index in [1.807, 2.05) is 91.9 Å². The summed E-state index contributed by atoms with van der Waals surface area (Å²) in [5.41, 5.74) is 4.76. The number of aliphatic hydroxyl groups excluding tert-OH is 1. The number of nitrogens with zero attached hydrogens (tertiary/aromatic N) is 1. The highest BCUT2D eigenvalue weighted by Crippen LogP contribution is 2.36. The Morgan fingerprint density at radius 3 is 2.53 bits per heavy atom. The van der Waals surface area contributed by atoms with Crippen LogP contribution in [0.25, 0.3) is 22.7 Å². The molecule has 2 atom stereocenters. The smallest absolute Gasteiger partial charge is 0.226 e. The van der Waals surface area contributed by atoms with Gasteiger partial charge in [-0.15, -0.1) is 0 Å². The Bertz CT molecular complexity index is 1220. The predicted octanol–water partition coefficient (Wildman–Crippen LogP) is 5.81. The van der Waals surface area contributed by atoms with Gasteiger partial charge in [0.25, 0.3) is 0 Å². The van der Waals surface area contributed by atoms with Gasteiger partial charge in [0.05, 0.1) is 0 Å². The molecule has 4 aromatic rings. The third-order valence-corrected chi connectivity index (χ3v) is 5.29. The summed E-state index contributed by atoms with van der Waals surface area (Å²) in [5, 5.41) is 11.2. The molecule has 0 aliphatic carbocycles. The van der Waals surface area contributed by atoms with E-state index in [0.29, 0.717) is 17.0 Å². The van der Waals surface area contributed by atoms with Crippen molar-refractivity contribution in [2.24, 2.45) is 0 Å². The lowest BCUT2D eigenvalue weighted by molar-refractivity contribution is 0.234. The van der Waals surface area contributed by atoms with Gasteiger partial charge in [-0.1, -0.05) is 60.7 Å². The second-order valence-corrected chi connectivity index (χ2v) is 7.34. The van der Waals surface area contributed by atoms with Crippen LogP contribution in [0.1, 0.15) is 30.0 Å². The monoisotopic (exact) mass is 395 g/mol. The van der Waals surface area contributed by atoms with E-state index < -0.39 is 6.10 Å². The minimum Gasteiger partial charge on any atom is -0.485 e. The molecule has 2 heterocycles. The summed E-state index contributed by atoms with van der Waals surface area (Å²) in [4.78, 5) is 4.63. The van der Waals surface area contributed by atoms with Crippen LogP contribution >= 0.6 is 0 Å². The number of ether oxygens (including phenoxy) is 1. The molecule has 0 saturated heterocycles. The van der Waals surface area contributed by atoms with Crippen LogP contribution in [0.15, 0.2) is 94.9 Å². The standard InChI is InChI=1S/C26H21NO3/c1-17-20(15-19-11-5-7-13-23(19)29-17)16-21(25(28)18-9-3-2-4-10-18)26-27-22-12-6-8-14-24(22)30-26/h2-17,25,28H,1H3/b21-16+/t17-,25+/m1/s1. The summed E-state index contributed by atoms with van der Waals surface area (Å²) in [7, 11) is 0. The minimum absolute atomic E-state index is 0.165. The van der Waals surface area contributed by atoms with Crippen molar-refractivity contribution in [3.63, 3.8) is 0 Å². The fraction of sp³-hybridized carbons (Fsp3) is 0.115. The summed E-state index contributed by atoms with van der Waals surface area (Å²) >= 11 is 0. The molecule has 1 aromatic heterocycles. The highest BCUT2D eigenvalue weighted by Gasteiger charge is 2.24. The molecule has 0 radical (unpaired) electrons. The number of hydrogen-bond acceptors (Lipinski definition) is 4. The lowest BCUT2D eigenvalue weighted by Crippen LogP contribution is -2.18. The number of aromatic nitrogens is 1. The lowest BCUT2D eigenvalue weighted by Gasteiger charge is -2.24. The van der Waals surface area contributed by atoms with Gasteiger partial charge in [-0.05, 0) is 48.4 Å². The molecule has 1 aliphatic heterocycles. The van der Waals surface area contributed by atoms with Crippen molar-refractivity contribution in [2.45, 2.75) is 19.1 Å². The number of hydrogen-bond donors (Lipinski definition) is 1. The summed E-state index contributed by atoms with van der Waals surface area (Å²) < 4.78 is 12.1. The van der Waals surface area contributed by atoms with Crippen LogP contribution in [-0.2, 0) is 0 Å². The van der Waals surface area contributed by atoms with Crippen LogP contribution in [0.4, 0.5) is 0 Å². The Hall–Kier alpha value is -3.63. The summed E-state index contributed by atoms with van der Waals surface area (Å²) in [6, 6.07) is 25.1. The number of oxazole rings is 1. The molecule has 0 saturated carbocycles. The average molecular weight is 395 g/mol. The Kier molecular flexibility index (Phi) is 4.69. The van der Waals surface area contributed by atoms with Gasteiger partial charge in [0.1, 0.15) is 23.5 Å². The maximum absolute atomic E-state index is 11.2. The number of benzene rings is 3. The molecular formula is C26H21NO3. The van der Waals surface area contributed by atoms with Crippen LogP contribution in [0, 0.1) is 0 Å². The quantitative estimate of drug-likeness (QED) is 0.474. The van der Waals surface area contributed by atoms with Gasteiger partial charge in [-0.25, -0.2) is 4.98 Å². The molecule has 0 bridgehead atoms. The van der Waals surface area contributed by atoms with Crippen LogP contribution in [-0.4, -0.2) is 16.2 Å². The zero-order valence-electron chi connectivity index (χ0n) is 16.5. The molecule has 0 fully saturated rings. The number of aliphatic hydroxyl groups is 1. The number of fused-ring (bicyclic) bond motifs is 2. The molecular weight excluding hydrogens is 374 g/mol. The zero-order chi connectivity index (χ0) is 20.5. The molecule has 1 N–H and O–H groups in total. The lowest BCUT2D eigenvalue weighted by atomic mass is 9.95. The van der Waals surface area contributed by atoms with Gasteiger partial charge >= 0.3 is 0 Å². The summed E-state index contributed by atoms with van der Waals surface area (Å²) in [6.07, 6.45) is 2.97. The third-order valence-electron chi connectivity index (χ3n) is 5.29. The Morgan fingerprint density at radius 1 is 0.967 bits per heavy atom. The molecule has 0 amide bonds. The van der Waals surface area contributed by atoms with E-state index >= 15 is 0 Å². The Balaban J connectivity index is 1.65. The van der Waals surface area contributed by atoms with Gasteiger partial charge in [0, 0.05) is 11.1 Å². The van der Waals surface area contributed by atoms with Crippen molar-refractivity contribution in [3.05, 3.63) is 108 Å². The van der Waals surface area contributed by atoms with Gasteiger partial charge in [-0.2, -0.15) is 0 Å². The van der Waals surface area contributed by atoms with Crippen molar-refractivity contribution in [1.82, 2.24) is 4.98 Å². The highest BCUT2D eigenvalue weighted by molar-refractivity contribution is 5.79. The van der Waals surface area contributed by atoms with Crippen molar-refractivity contribution >= 4 is 22.7 Å². The van der Waals surface area contributed by atoms with Crippen LogP contribution in [0.2, 0.25) is 0 Å². The van der Waals surface area contributed by atoms with Gasteiger partial charge in [-0.3, -0.25) is 0 Å². The molecule has 3 aromatic carbocycles. The van der Waals surface area contributed by atoms with Gasteiger partial charge < -0.3 is 14.3 Å². The summed E-state index contributed by atoms with van der Waals surface area (Å²) in [5.74, 6) is 1.26.